The van der Waals surface area contributed by atoms with Gasteiger partial charge in [-0.3, -0.25) is 0 Å². The summed E-state index contributed by atoms with van der Waals surface area (Å²) in [4.78, 5) is 3.37. The van der Waals surface area contributed by atoms with Gasteiger partial charge < -0.3 is 20.2 Å². The Morgan fingerprint density at radius 2 is 1.88 bits per heavy atom. The van der Waals surface area contributed by atoms with Crippen molar-refractivity contribution in [2.75, 3.05) is 19.8 Å². The van der Waals surface area contributed by atoms with Crippen molar-refractivity contribution in [2.24, 2.45) is 0 Å². The van der Waals surface area contributed by atoms with Crippen molar-refractivity contribution in [3.8, 4) is 11.5 Å². The van der Waals surface area contributed by atoms with Gasteiger partial charge in [-0.1, -0.05) is 31.2 Å². The summed E-state index contributed by atoms with van der Waals surface area (Å²) in [5.41, 5.74) is 7.82. The summed E-state index contributed by atoms with van der Waals surface area (Å²) in [7, 11) is 0. The highest BCUT2D eigenvalue weighted by Crippen LogP contribution is 2.35. The lowest BCUT2D eigenvalue weighted by Crippen LogP contribution is -2.53. The molecular weight excluding hydrogens is 312 g/mol. The minimum atomic E-state index is 0.218. The monoisotopic (exact) mass is 339 g/mol. The SMILES string of the molecule is CCCOc1ccc([C@H](C[NH3+])c2c[nH]c3ccccc23)cc1OCC. The Labute approximate surface area is 149 Å². The molecule has 25 heavy (non-hydrogen) atoms. The summed E-state index contributed by atoms with van der Waals surface area (Å²) in [6.07, 6.45) is 3.08. The van der Waals surface area contributed by atoms with Crippen LogP contribution in [0.4, 0.5) is 0 Å². The number of para-hydroxylation sites is 1. The molecule has 0 fully saturated rings. The Hall–Kier alpha value is -2.46. The molecule has 4 N–H and O–H groups in total. The minimum absolute atomic E-state index is 0.218. The maximum Gasteiger partial charge on any atom is 0.161 e. The molecule has 0 bridgehead atoms. The molecule has 3 aromatic rings. The topological polar surface area (TPSA) is 61.9 Å². The zero-order valence-electron chi connectivity index (χ0n) is 15.0. The summed E-state index contributed by atoms with van der Waals surface area (Å²) in [6.45, 7) is 6.19. The molecule has 0 spiro atoms. The van der Waals surface area contributed by atoms with Crippen molar-refractivity contribution in [3.05, 3.63) is 59.8 Å². The van der Waals surface area contributed by atoms with Crippen LogP contribution in [0.1, 0.15) is 37.3 Å². The summed E-state index contributed by atoms with van der Waals surface area (Å²) >= 11 is 0. The Bertz CT molecular complexity index is 826. The van der Waals surface area contributed by atoms with Gasteiger partial charge in [-0.05, 0) is 42.7 Å². The van der Waals surface area contributed by atoms with E-state index in [0.29, 0.717) is 13.2 Å². The van der Waals surface area contributed by atoms with Crippen LogP contribution in [0.5, 0.6) is 11.5 Å². The average molecular weight is 339 g/mol. The fourth-order valence-corrected chi connectivity index (χ4v) is 3.22. The largest absolute Gasteiger partial charge is 0.490 e. The van der Waals surface area contributed by atoms with Gasteiger partial charge >= 0.3 is 0 Å². The molecule has 0 unspecified atom stereocenters. The van der Waals surface area contributed by atoms with Crippen LogP contribution in [0.2, 0.25) is 0 Å². The van der Waals surface area contributed by atoms with Crippen molar-refractivity contribution in [3.63, 3.8) is 0 Å². The molecule has 4 nitrogen and oxygen atoms in total. The Morgan fingerprint density at radius 1 is 1.04 bits per heavy atom. The number of quaternary nitrogens is 1. The van der Waals surface area contributed by atoms with E-state index in [-0.39, 0.29) is 5.92 Å². The molecule has 0 radical (unpaired) electrons. The van der Waals surface area contributed by atoms with Crippen molar-refractivity contribution in [1.29, 1.82) is 0 Å². The van der Waals surface area contributed by atoms with E-state index in [9.17, 15) is 0 Å². The number of hydrogen-bond acceptors (Lipinski definition) is 2. The number of ether oxygens (including phenoxy) is 2. The van der Waals surface area contributed by atoms with E-state index in [1.165, 1.54) is 16.5 Å². The molecule has 3 rings (SSSR count). The molecule has 0 aliphatic rings. The van der Waals surface area contributed by atoms with Gasteiger partial charge in [-0.2, -0.15) is 0 Å². The van der Waals surface area contributed by atoms with E-state index >= 15 is 0 Å². The Kier molecular flexibility index (Phi) is 5.61. The van der Waals surface area contributed by atoms with Crippen molar-refractivity contribution < 1.29 is 15.2 Å². The van der Waals surface area contributed by atoms with Crippen molar-refractivity contribution >= 4 is 10.9 Å². The van der Waals surface area contributed by atoms with Crippen LogP contribution in [0, 0.1) is 0 Å². The number of H-pyrrole nitrogens is 1. The first-order valence-electron chi connectivity index (χ1n) is 9.03. The lowest BCUT2D eigenvalue weighted by molar-refractivity contribution is -0.370. The smallest absolute Gasteiger partial charge is 0.161 e. The van der Waals surface area contributed by atoms with E-state index in [1.54, 1.807) is 0 Å². The van der Waals surface area contributed by atoms with Crippen LogP contribution in [-0.2, 0) is 0 Å². The van der Waals surface area contributed by atoms with E-state index in [4.69, 9.17) is 9.47 Å². The van der Waals surface area contributed by atoms with Crippen LogP contribution >= 0.6 is 0 Å². The van der Waals surface area contributed by atoms with Crippen LogP contribution in [-0.4, -0.2) is 24.7 Å². The quantitative estimate of drug-likeness (QED) is 0.657. The molecular formula is C21H27N2O2+. The second-order valence-corrected chi connectivity index (χ2v) is 6.12. The van der Waals surface area contributed by atoms with Crippen LogP contribution < -0.4 is 15.2 Å². The van der Waals surface area contributed by atoms with Crippen LogP contribution in [0.15, 0.2) is 48.7 Å². The zero-order chi connectivity index (χ0) is 17.6. The van der Waals surface area contributed by atoms with E-state index in [2.05, 4.69) is 60.2 Å². The van der Waals surface area contributed by atoms with Gasteiger partial charge in [0.05, 0.1) is 25.7 Å². The van der Waals surface area contributed by atoms with Gasteiger partial charge in [0.1, 0.15) is 0 Å². The number of hydrogen-bond donors (Lipinski definition) is 2. The Balaban J connectivity index is 1.99. The average Bonchev–Trinajstić information content (AvgIpc) is 3.06. The summed E-state index contributed by atoms with van der Waals surface area (Å²) in [5.74, 6) is 1.84. The predicted molar refractivity (Wildman–Crippen MR) is 101 cm³/mol. The molecule has 0 saturated heterocycles. The number of benzene rings is 2. The molecule has 0 amide bonds. The zero-order valence-corrected chi connectivity index (χ0v) is 15.0. The van der Waals surface area contributed by atoms with Gasteiger partial charge in [0, 0.05) is 17.1 Å². The first kappa shape index (κ1) is 17.4. The van der Waals surface area contributed by atoms with E-state index in [1.807, 2.05) is 13.0 Å². The normalized spacial score (nSPS) is 12.3. The third-order valence-corrected chi connectivity index (χ3v) is 4.42. The third kappa shape index (κ3) is 3.64. The molecule has 0 aliphatic heterocycles. The van der Waals surface area contributed by atoms with E-state index < -0.39 is 0 Å². The molecule has 0 aliphatic carbocycles. The van der Waals surface area contributed by atoms with Crippen molar-refractivity contribution in [1.82, 2.24) is 4.98 Å². The van der Waals surface area contributed by atoms with Crippen LogP contribution in [0.25, 0.3) is 10.9 Å². The molecule has 132 valence electrons. The summed E-state index contributed by atoms with van der Waals surface area (Å²) < 4.78 is 11.6. The highest BCUT2D eigenvalue weighted by Gasteiger charge is 2.20. The third-order valence-electron chi connectivity index (χ3n) is 4.42. The highest BCUT2D eigenvalue weighted by molar-refractivity contribution is 5.84. The fourth-order valence-electron chi connectivity index (χ4n) is 3.22. The van der Waals surface area contributed by atoms with Gasteiger partial charge in [0.2, 0.25) is 0 Å². The van der Waals surface area contributed by atoms with Gasteiger partial charge in [-0.25, -0.2) is 0 Å². The lowest BCUT2D eigenvalue weighted by atomic mass is 9.91. The first-order chi connectivity index (χ1) is 12.3. The molecule has 4 heteroatoms. The Morgan fingerprint density at radius 3 is 2.64 bits per heavy atom. The predicted octanol–water partition coefficient (Wildman–Crippen LogP) is 3.73. The molecule has 1 atom stereocenters. The molecule has 2 aromatic carbocycles. The maximum absolute atomic E-state index is 5.82. The van der Waals surface area contributed by atoms with Gasteiger partial charge in [0.25, 0.3) is 0 Å². The number of fused-ring (bicyclic) bond motifs is 1. The molecule has 0 saturated carbocycles. The van der Waals surface area contributed by atoms with Crippen LogP contribution in [0.3, 0.4) is 0 Å². The van der Waals surface area contributed by atoms with Gasteiger partial charge in [0.15, 0.2) is 11.5 Å². The number of aromatic amines is 1. The molecule has 1 aromatic heterocycles. The highest BCUT2D eigenvalue weighted by atomic mass is 16.5. The van der Waals surface area contributed by atoms with Crippen molar-refractivity contribution in [2.45, 2.75) is 26.2 Å². The minimum Gasteiger partial charge on any atom is -0.490 e. The second kappa shape index (κ2) is 8.08. The number of aromatic nitrogens is 1. The maximum atomic E-state index is 5.82. The van der Waals surface area contributed by atoms with Gasteiger partial charge in [-0.15, -0.1) is 0 Å². The number of rotatable bonds is 8. The number of nitrogens with one attached hydrogen (secondary N) is 1. The summed E-state index contributed by atoms with van der Waals surface area (Å²) in [6, 6.07) is 14.6. The molecule has 1 heterocycles. The first-order valence-corrected chi connectivity index (χ1v) is 9.03. The summed E-state index contributed by atoms with van der Waals surface area (Å²) in [5, 5.41) is 1.25. The lowest BCUT2D eigenvalue weighted by Gasteiger charge is -2.17. The standard InChI is InChI=1S/C21H26N2O2/c1-3-11-25-20-10-9-15(12-21(20)24-4-2)17(13-22)18-14-23-19-8-6-5-7-16(18)19/h5-10,12,14,17,23H,3-4,11,13,22H2,1-2H3/p+1/t17-/m0/s1. The van der Waals surface area contributed by atoms with E-state index in [0.717, 1.165) is 30.0 Å². The fraction of sp³-hybridized carbons (Fsp3) is 0.333. The second-order valence-electron chi connectivity index (χ2n) is 6.12.